The highest BCUT2D eigenvalue weighted by molar-refractivity contribution is 7.10. The van der Waals surface area contributed by atoms with Crippen molar-refractivity contribution in [3.63, 3.8) is 0 Å². The van der Waals surface area contributed by atoms with E-state index in [9.17, 15) is 13.9 Å². The number of thiophene rings is 1. The maximum absolute atomic E-state index is 13.1. The maximum Gasteiger partial charge on any atom is 0.200 e. The Labute approximate surface area is 107 Å². The van der Waals surface area contributed by atoms with Crippen molar-refractivity contribution in [3.8, 4) is 5.75 Å². The van der Waals surface area contributed by atoms with E-state index in [1.165, 1.54) is 17.4 Å². The van der Waals surface area contributed by atoms with Crippen molar-refractivity contribution in [1.82, 2.24) is 0 Å². The lowest BCUT2D eigenvalue weighted by Gasteiger charge is -2.12. The first-order valence-corrected chi connectivity index (χ1v) is 5.45. The molecular formula is C11H10ClF2NOS. The Morgan fingerprint density at radius 2 is 1.94 bits per heavy atom. The van der Waals surface area contributed by atoms with Gasteiger partial charge in [0.1, 0.15) is 0 Å². The molecule has 0 fully saturated rings. The standard InChI is InChI=1S/C11H9F2NOS.ClH/c12-7-4-3-6(11(15)9(7)13)10(14)8-2-1-5-16-8;/h1-5,10,15H,14H2;1H/t10-;/m0./s1. The van der Waals surface area contributed by atoms with E-state index in [1.54, 1.807) is 12.1 Å². The molecule has 1 aromatic carbocycles. The zero-order chi connectivity index (χ0) is 11.7. The molecule has 0 aliphatic heterocycles. The predicted octanol–water partition coefficient (Wildman–Crippen LogP) is 3.20. The van der Waals surface area contributed by atoms with Crippen molar-refractivity contribution < 1.29 is 13.9 Å². The number of halogens is 3. The fraction of sp³-hybridized carbons (Fsp3) is 0.0909. The van der Waals surface area contributed by atoms with Crippen molar-refractivity contribution in [2.24, 2.45) is 5.73 Å². The Hall–Kier alpha value is -1.17. The third-order valence-corrected chi connectivity index (χ3v) is 3.24. The monoisotopic (exact) mass is 277 g/mol. The minimum atomic E-state index is -1.26. The minimum Gasteiger partial charge on any atom is -0.505 e. The van der Waals surface area contributed by atoms with Crippen LogP contribution in [0.2, 0.25) is 0 Å². The molecule has 1 aromatic heterocycles. The summed E-state index contributed by atoms with van der Waals surface area (Å²) in [5.74, 6) is -3.06. The Kier molecular flexibility index (Phi) is 4.45. The fourth-order valence-electron chi connectivity index (χ4n) is 1.43. The molecule has 1 heterocycles. The highest BCUT2D eigenvalue weighted by atomic mass is 35.5. The molecule has 17 heavy (non-hydrogen) atoms. The van der Waals surface area contributed by atoms with Gasteiger partial charge in [-0.1, -0.05) is 12.1 Å². The maximum atomic E-state index is 13.1. The molecule has 92 valence electrons. The van der Waals surface area contributed by atoms with Crippen molar-refractivity contribution in [2.75, 3.05) is 0 Å². The molecule has 2 rings (SSSR count). The van der Waals surface area contributed by atoms with Gasteiger partial charge in [0.25, 0.3) is 0 Å². The third kappa shape index (κ3) is 2.57. The highest BCUT2D eigenvalue weighted by Crippen LogP contribution is 2.32. The third-order valence-electron chi connectivity index (χ3n) is 2.29. The Morgan fingerprint density at radius 3 is 2.53 bits per heavy atom. The first-order valence-electron chi connectivity index (χ1n) is 4.57. The second-order valence-corrected chi connectivity index (χ2v) is 4.27. The van der Waals surface area contributed by atoms with Gasteiger partial charge in [0.05, 0.1) is 6.04 Å². The number of nitrogens with two attached hydrogens (primary N) is 1. The number of aromatic hydroxyl groups is 1. The van der Waals surface area contributed by atoms with Gasteiger partial charge in [0, 0.05) is 10.4 Å². The highest BCUT2D eigenvalue weighted by Gasteiger charge is 2.19. The molecule has 0 amide bonds. The van der Waals surface area contributed by atoms with E-state index in [1.807, 2.05) is 5.38 Å². The zero-order valence-corrected chi connectivity index (χ0v) is 10.2. The van der Waals surface area contributed by atoms with Crippen LogP contribution in [0.1, 0.15) is 16.5 Å². The molecule has 0 aliphatic carbocycles. The number of hydrogen-bond acceptors (Lipinski definition) is 3. The average Bonchev–Trinajstić information content (AvgIpc) is 2.79. The summed E-state index contributed by atoms with van der Waals surface area (Å²) < 4.78 is 25.9. The molecule has 0 spiro atoms. The number of rotatable bonds is 2. The molecule has 3 N–H and O–H groups in total. The molecule has 0 unspecified atom stereocenters. The van der Waals surface area contributed by atoms with Crippen LogP contribution in [0.4, 0.5) is 8.78 Å². The summed E-state index contributed by atoms with van der Waals surface area (Å²) in [6.45, 7) is 0. The lowest BCUT2D eigenvalue weighted by Crippen LogP contribution is -2.11. The normalized spacial score (nSPS) is 11.9. The summed E-state index contributed by atoms with van der Waals surface area (Å²) in [5, 5.41) is 11.3. The molecule has 0 saturated carbocycles. The summed E-state index contributed by atoms with van der Waals surface area (Å²) >= 11 is 1.39. The molecule has 0 saturated heterocycles. The summed E-state index contributed by atoms with van der Waals surface area (Å²) in [6, 6.07) is 5.18. The molecule has 1 atom stereocenters. The van der Waals surface area contributed by atoms with Crippen LogP contribution in [0.15, 0.2) is 29.6 Å². The fourth-order valence-corrected chi connectivity index (χ4v) is 2.17. The molecule has 0 bridgehead atoms. The van der Waals surface area contributed by atoms with Gasteiger partial charge in [-0.2, -0.15) is 4.39 Å². The summed E-state index contributed by atoms with van der Waals surface area (Å²) in [6.07, 6.45) is 0. The van der Waals surface area contributed by atoms with Gasteiger partial charge >= 0.3 is 0 Å². The van der Waals surface area contributed by atoms with Gasteiger partial charge in [-0.05, 0) is 17.5 Å². The topological polar surface area (TPSA) is 46.2 Å². The zero-order valence-electron chi connectivity index (χ0n) is 8.56. The number of hydrogen-bond donors (Lipinski definition) is 2. The van der Waals surface area contributed by atoms with Gasteiger partial charge in [-0.15, -0.1) is 23.7 Å². The largest absolute Gasteiger partial charge is 0.505 e. The van der Waals surface area contributed by atoms with E-state index < -0.39 is 23.4 Å². The van der Waals surface area contributed by atoms with E-state index in [-0.39, 0.29) is 18.0 Å². The molecular weight excluding hydrogens is 268 g/mol. The second-order valence-electron chi connectivity index (χ2n) is 3.29. The second kappa shape index (κ2) is 5.44. The minimum absolute atomic E-state index is 0. The van der Waals surface area contributed by atoms with Crippen molar-refractivity contribution in [3.05, 3.63) is 51.7 Å². The van der Waals surface area contributed by atoms with Gasteiger partial charge in [0.2, 0.25) is 5.82 Å². The average molecular weight is 278 g/mol. The van der Waals surface area contributed by atoms with Crippen LogP contribution in [0.3, 0.4) is 0 Å². The number of phenolic OH excluding ortho intramolecular Hbond substituents is 1. The van der Waals surface area contributed by atoms with Crippen LogP contribution in [-0.4, -0.2) is 5.11 Å². The van der Waals surface area contributed by atoms with Crippen LogP contribution in [-0.2, 0) is 0 Å². The molecule has 2 nitrogen and oxygen atoms in total. The lowest BCUT2D eigenvalue weighted by molar-refractivity contribution is 0.399. The van der Waals surface area contributed by atoms with Gasteiger partial charge in [-0.3, -0.25) is 0 Å². The predicted molar refractivity (Wildman–Crippen MR) is 65.6 cm³/mol. The van der Waals surface area contributed by atoms with Crippen LogP contribution < -0.4 is 5.73 Å². The van der Waals surface area contributed by atoms with Crippen LogP contribution >= 0.6 is 23.7 Å². The summed E-state index contributed by atoms with van der Waals surface area (Å²) in [7, 11) is 0. The van der Waals surface area contributed by atoms with E-state index in [4.69, 9.17) is 5.73 Å². The number of benzene rings is 1. The molecule has 0 aliphatic rings. The van der Waals surface area contributed by atoms with E-state index in [0.29, 0.717) is 0 Å². The molecule has 6 heteroatoms. The van der Waals surface area contributed by atoms with E-state index in [0.717, 1.165) is 10.9 Å². The lowest BCUT2D eigenvalue weighted by atomic mass is 10.0. The van der Waals surface area contributed by atoms with Crippen molar-refractivity contribution in [1.29, 1.82) is 0 Å². The van der Waals surface area contributed by atoms with Crippen molar-refractivity contribution in [2.45, 2.75) is 6.04 Å². The SMILES string of the molecule is Cl.N[C@H](c1cccs1)c1ccc(F)c(F)c1O. The van der Waals surface area contributed by atoms with E-state index >= 15 is 0 Å². The van der Waals surface area contributed by atoms with Crippen LogP contribution in [0, 0.1) is 11.6 Å². The number of phenols is 1. The van der Waals surface area contributed by atoms with Gasteiger partial charge in [-0.25, -0.2) is 4.39 Å². The summed E-state index contributed by atoms with van der Waals surface area (Å²) in [5.41, 5.74) is 6.02. The molecule has 2 aromatic rings. The quantitative estimate of drug-likeness (QED) is 0.885. The van der Waals surface area contributed by atoms with Crippen LogP contribution in [0.5, 0.6) is 5.75 Å². The van der Waals surface area contributed by atoms with Crippen LogP contribution in [0.25, 0.3) is 0 Å². The smallest absolute Gasteiger partial charge is 0.200 e. The Bertz CT molecular complexity index is 504. The van der Waals surface area contributed by atoms with Crippen molar-refractivity contribution >= 4 is 23.7 Å². The van der Waals surface area contributed by atoms with E-state index in [2.05, 4.69) is 0 Å². The van der Waals surface area contributed by atoms with Gasteiger partial charge in [0.15, 0.2) is 11.6 Å². The summed E-state index contributed by atoms with van der Waals surface area (Å²) in [4.78, 5) is 0.779. The van der Waals surface area contributed by atoms with Gasteiger partial charge < -0.3 is 10.8 Å². The first kappa shape index (κ1) is 13.9. The Morgan fingerprint density at radius 1 is 1.24 bits per heavy atom. The first-order chi connectivity index (χ1) is 7.61. The Balaban J connectivity index is 0.00000144. The molecule has 0 radical (unpaired) electrons.